The van der Waals surface area contributed by atoms with E-state index in [1.54, 1.807) is 19.4 Å². The van der Waals surface area contributed by atoms with E-state index in [1.165, 1.54) is 0 Å². The molecule has 0 fully saturated rings. The molecule has 0 aliphatic heterocycles. The number of nitrogens with two attached hydrogens (primary N) is 1. The zero-order chi connectivity index (χ0) is 19.1. The number of carbonyl (C=O) groups excluding carboxylic acids is 1. The quantitative estimate of drug-likeness (QED) is 0.355. The highest BCUT2D eigenvalue weighted by molar-refractivity contribution is 5.95. The molecule has 0 radical (unpaired) electrons. The molecule has 0 unspecified atom stereocenters. The maximum atomic E-state index is 10.6. The predicted octanol–water partition coefficient (Wildman–Crippen LogP) is 3.38. The Hall–Kier alpha value is -3.87. The second kappa shape index (κ2) is 8.48. The van der Waals surface area contributed by atoms with Crippen molar-refractivity contribution in [2.24, 2.45) is 10.7 Å². The van der Waals surface area contributed by atoms with Gasteiger partial charge in [0.15, 0.2) is 11.8 Å². The standard InChI is InChI=1S/C20H19N5O2/c1-27-18-8-3-2-7-17(18)24-20(21)25-19-10-9-15(12-22-19)14-5-4-6-16(11-14)23-13-26/h2-13H,1H3,(H,23,26)(H3,21,22,24,25). The molecule has 27 heavy (non-hydrogen) atoms. The van der Waals surface area contributed by atoms with Gasteiger partial charge in [-0.15, -0.1) is 0 Å². The van der Waals surface area contributed by atoms with Gasteiger partial charge in [-0.2, -0.15) is 4.99 Å². The van der Waals surface area contributed by atoms with Gasteiger partial charge in [0.25, 0.3) is 0 Å². The summed E-state index contributed by atoms with van der Waals surface area (Å²) in [6.45, 7) is 0. The Morgan fingerprint density at radius 1 is 1.11 bits per heavy atom. The first-order valence-electron chi connectivity index (χ1n) is 8.20. The Bertz CT molecular complexity index is 955. The molecule has 1 amide bonds. The van der Waals surface area contributed by atoms with Crippen LogP contribution in [0, 0.1) is 0 Å². The smallest absolute Gasteiger partial charge is 0.211 e. The van der Waals surface area contributed by atoms with Crippen LogP contribution in [0.5, 0.6) is 5.75 Å². The molecule has 3 rings (SSSR count). The largest absolute Gasteiger partial charge is 0.495 e. The van der Waals surface area contributed by atoms with E-state index >= 15 is 0 Å². The minimum absolute atomic E-state index is 0.205. The SMILES string of the molecule is COc1ccccc1NC(N)=Nc1ccc(-c2cccc(NC=O)c2)cn1. The fourth-order valence-corrected chi connectivity index (χ4v) is 2.52. The number of hydrogen-bond donors (Lipinski definition) is 3. The van der Waals surface area contributed by atoms with Gasteiger partial charge < -0.3 is 21.1 Å². The molecule has 136 valence electrons. The normalized spacial score (nSPS) is 10.9. The maximum absolute atomic E-state index is 10.6. The minimum Gasteiger partial charge on any atom is -0.495 e. The number of ether oxygens (including phenoxy) is 1. The summed E-state index contributed by atoms with van der Waals surface area (Å²) in [6, 6.07) is 18.6. The second-order valence-electron chi connectivity index (χ2n) is 5.57. The van der Waals surface area contributed by atoms with E-state index in [0.29, 0.717) is 18.0 Å². The number of rotatable bonds is 6. The van der Waals surface area contributed by atoms with Gasteiger partial charge in [0.2, 0.25) is 6.41 Å². The van der Waals surface area contributed by atoms with Crippen molar-refractivity contribution in [3.05, 3.63) is 66.9 Å². The highest BCUT2D eigenvalue weighted by atomic mass is 16.5. The van der Waals surface area contributed by atoms with Gasteiger partial charge in [0.05, 0.1) is 12.8 Å². The van der Waals surface area contributed by atoms with Crippen LogP contribution in [-0.4, -0.2) is 24.5 Å². The predicted molar refractivity (Wildman–Crippen MR) is 107 cm³/mol. The number of nitrogens with zero attached hydrogens (tertiary/aromatic N) is 2. The number of para-hydroxylation sites is 2. The molecule has 0 saturated carbocycles. The van der Waals surface area contributed by atoms with Crippen LogP contribution in [-0.2, 0) is 4.79 Å². The van der Waals surface area contributed by atoms with Crippen molar-refractivity contribution >= 4 is 29.6 Å². The minimum atomic E-state index is 0.205. The third-order valence-electron chi connectivity index (χ3n) is 3.77. The van der Waals surface area contributed by atoms with E-state index in [2.05, 4.69) is 20.6 Å². The van der Waals surface area contributed by atoms with E-state index in [0.717, 1.165) is 22.5 Å². The summed E-state index contributed by atoms with van der Waals surface area (Å²) in [4.78, 5) is 19.2. The van der Waals surface area contributed by atoms with Crippen LogP contribution in [0.4, 0.5) is 17.2 Å². The molecule has 7 heteroatoms. The number of benzene rings is 2. The van der Waals surface area contributed by atoms with E-state index in [-0.39, 0.29) is 5.96 Å². The van der Waals surface area contributed by atoms with Gasteiger partial charge in [-0.3, -0.25) is 4.79 Å². The molecular formula is C20H19N5O2. The van der Waals surface area contributed by atoms with Gasteiger partial charge in [-0.25, -0.2) is 4.98 Å². The number of pyridine rings is 1. The first-order chi connectivity index (χ1) is 13.2. The number of aliphatic imine (C=N–C) groups is 1. The van der Waals surface area contributed by atoms with Crippen LogP contribution < -0.4 is 21.1 Å². The van der Waals surface area contributed by atoms with Crippen molar-refractivity contribution in [1.29, 1.82) is 0 Å². The Balaban J connectivity index is 1.76. The Kier molecular flexibility index (Phi) is 5.64. The number of hydrogen-bond acceptors (Lipinski definition) is 4. The molecule has 2 aromatic carbocycles. The number of anilines is 2. The molecule has 0 aliphatic rings. The van der Waals surface area contributed by atoms with Crippen LogP contribution in [0.3, 0.4) is 0 Å². The zero-order valence-corrected chi connectivity index (χ0v) is 14.7. The van der Waals surface area contributed by atoms with Gasteiger partial charge >= 0.3 is 0 Å². The van der Waals surface area contributed by atoms with Gasteiger partial charge in [0.1, 0.15) is 5.75 Å². The molecular weight excluding hydrogens is 342 g/mol. The average Bonchev–Trinajstić information content (AvgIpc) is 2.69. The number of guanidine groups is 1. The molecule has 1 aromatic heterocycles. The molecule has 0 bridgehead atoms. The van der Waals surface area contributed by atoms with Gasteiger partial charge in [0, 0.05) is 17.4 Å². The lowest BCUT2D eigenvalue weighted by atomic mass is 10.1. The second-order valence-corrected chi connectivity index (χ2v) is 5.57. The summed E-state index contributed by atoms with van der Waals surface area (Å²) in [7, 11) is 1.59. The van der Waals surface area contributed by atoms with E-state index in [1.807, 2.05) is 54.6 Å². The zero-order valence-electron chi connectivity index (χ0n) is 14.7. The Morgan fingerprint density at radius 2 is 1.96 bits per heavy atom. The van der Waals surface area contributed by atoms with Crippen molar-refractivity contribution in [3.63, 3.8) is 0 Å². The Labute approximate surface area is 156 Å². The van der Waals surface area contributed by atoms with E-state index in [9.17, 15) is 4.79 Å². The maximum Gasteiger partial charge on any atom is 0.211 e. The molecule has 7 nitrogen and oxygen atoms in total. The summed E-state index contributed by atoms with van der Waals surface area (Å²) in [5, 5.41) is 5.63. The number of carbonyl (C=O) groups is 1. The van der Waals surface area contributed by atoms with E-state index < -0.39 is 0 Å². The van der Waals surface area contributed by atoms with Crippen molar-refractivity contribution in [3.8, 4) is 16.9 Å². The lowest BCUT2D eigenvalue weighted by Gasteiger charge is -2.10. The number of aromatic nitrogens is 1. The molecule has 0 atom stereocenters. The summed E-state index contributed by atoms with van der Waals surface area (Å²) in [6.07, 6.45) is 2.35. The van der Waals surface area contributed by atoms with Crippen LogP contribution in [0.1, 0.15) is 0 Å². The Morgan fingerprint density at radius 3 is 2.70 bits per heavy atom. The van der Waals surface area contributed by atoms with Gasteiger partial charge in [-0.1, -0.05) is 24.3 Å². The van der Waals surface area contributed by atoms with E-state index in [4.69, 9.17) is 10.5 Å². The van der Waals surface area contributed by atoms with Crippen molar-refractivity contribution in [2.75, 3.05) is 17.7 Å². The van der Waals surface area contributed by atoms with Crippen LogP contribution in [0.25, 0.3) is 11.1 Å². The molecule has 4 N–H and O–H groups in total. The third-order valence-corrected chi connectivity index (χ3v) is 3.77. The number of nitrogens with one attached hydrogen (secondary N) is 2. The van der Waals surface area contributed by atoms with Crippen LogP contribution >= 0.6 is 0 Å². The van der Waals surface area contributed by atoms with Gasteiger partial charge in [-0.05, 0) is 42.0 Å². The fourth-order valence-electron chi connectivity index (χ4n) is 2.52. The first-order valence-corrected chi connectivity index (χ1v) is 8.20. The third kappa shape index (κ3) is 4.60. The first kappa shape index (κ1) is 17.9. The highest BCUT2D eigenvalue weighted by Gasteiger charge is 2.04. The molecule has 0 saturated heterocycles. The van der Waals surface area contributed by atoms with Crippen molar-refractivity contribution in [2.45, 2.75) is 0 Å². The molecule has 0 spiro atoms. The monoisotopic (exact) mass is 361 g/mol. The van der Waals surface area contributed by atoms with Crippen LogP contribution in [0.2, 0.25) is 0 Å². The fraction of sp³-hybridized carbons (Fsp3) is 0.0500. The summed E-state index contributed by atoms with van der Waals surface area (Å²) >= 11 is 0. The topological polar surface area (TPSA) is 102 Å². The summed E-state index contributed by atoms with van der Waals surface area (Å²) < 4.78 is 5.27. The van der Waals surface area contributed by atoms with Crippen molar-refractivity contribution in [1.82, 2.24) is 4.98 Å². The average molecular weight is 361 g/mol. The highest BCUT2D eigenvalue weighted by Crippen LogP contribution is 2.24. The summed E-state index contributed by atoms with van der Waals surface area (Å²) in [5.41, 5.74) is 9.24. The molecule has 0 aliphatic carbocycles. The molecule has 1 heterocycles. The lowest BCUT2D eigenvalue weighted by Crippen LogP contribution is -2.22. The summed E-state index contributed by atoms with van der Waals surface area (Å²) in [5.74, 6) is 1.35. The number of methoxy groups -OCH3 is 1. The van der Waals surface area contributed by atoms with Crippen LogP contribution in [0.15, 0.2) is 71.9 Å². The van der Waals surface area contributed by atoms with Crippen molar-refractivity contribution < 1.29 is 9.53 Å². The molecule has 3 aromatic rings. The number of amides is 1. The lowest BCUT2D eigenvalue weighted by molar-refractivity contribution is -0.105.